The Morgan fingerprint density at radius 2 is 1.59 bits per heavy atom. The maximum atomic E-state index is 13.2. The van der Waals surface area contributed by atoms with Gasteiger partial charge in [-0.05, 0) is 31.4 Å². The minimum atomic E-state index is -0.407. The Kier molecular flexibility index (Phi) is 4.97. The van der Waals surface area contributed by atoms with E-state index in [2.05, 4.69) is 18.2 Å². The first kappa shape index (κ1) is 17.8. The number of nitrogens with zero attached hydrogens (tertiary/aromatic N) is 2. The number of para-hydroxylation sites is 1. The highest BCUT2D eigenvalue weighted by atomic mass is 16.2. The van der Waals surface area contributed by atoms with Crippen LogP contribution in [0, 0.1) is 5.92 Å². The van der Waals surface area contributed by atoms with E-state index in [9.17, 15) is 9.59 Å². The third-order valence-corrected chi connectivity index (χ3v) is 5.92. The van der Waals surface area contributed by atoms with Crippen molar-refractivity contribution in [1.29, 1.82) is 0 Å². The lowest BCUT2D eigenvalue weighted by Crippen LogP contribution is -2.58. The van der Waals surface area contributed by atoms with Crippen LogP contribution in [0.15, 0.2) is 54.6 Å². The monoisotopic (exact) mass is 362 g/mol. The molecule has 4 rings (SSSR count). The van der Waals surface area contributed by atoms with Gasteiger partial charge in [0.05, 0.1) is 5.69 Å². The van der Waals surface area contributed by atoms with E-state index in [4.69, 9.17) is 0 Å². The van der Waals surface area contributed by atoms with E-state index in [-0.39, 0.29) is 17.7 Å². The van der Waals surface area contributed by atoms with Gasteiger partial charge in [0.2, 0.25) is 11.8 Å². The summed E-state index contributed by atoms with van der Waals surface area (Å²) in [6, 6.07) is 17.8. The number of anilines is 1. The largest absolute Gasteiger partial charge is 0.329 e. The first-order chi connectivity index (χ1) is 13.2. The van der Waals surface area contributed by atoms with Gasteiger partial charge in [-0.25, -0.2) is 0 Å². The molecule has 140 valence electrons. The molecule has 4 nitrogen and oxygen atoms in total. The lowest BCUT2D eigenvalue weighted by molar-refractivity contribution is -0.143. The molecule has 0 N–H and O–H groups in total. The highest BCUT2D eigenvalue weighted by Gasteiger charge is 2.38. The molecule has 1 saturated heterocycles. The van der Waals surface area contributed by atoms with Crippen LogP contribution < -0.4 is 4.90 Å². The Balaban J connectivity index is 1.59. The van der Waals surface area contributed by atoms with E-state index in [0.717, 1.165) is 42.5 Å². The zero-order chi connectivity index (χ0) is 18.8. The summed E-state index contributed by atoms with van der Waals surface area (Å²) in [5.74, 6) is 0.295. The smallest absolute Gasteiger partial charge is 0.249 e. The summed E-state index contributed by atoms with van der Waals surface area (Å²) in [4.78, 5) is 29.7. The molecule has 4 heteroatoms. The van der Waals surface area contributed by atoms with Crippen LogP contribution in [0.1, 0.15) is 32.6 Å². The Morgan fingerprint density at radius 3 is 2.33 bits per heavy atom. The van der Waals surface area contributed by atoms with Crippen LogP contribution in [0.25, 0.3) is 11.1 Å². The highest BCUT2D eigenvalue weighted by Crippen LogP contribution is 2.33. The molecule has 0 bridgehead atoms. The van der Waals surface area contributed by atoms with Gasteiger partial charge in [-0.2, -0.15) is 0 Å². The molecule has 1 unspecified atom stereocenters. The summed E-state index contributed by atoms with van der Waals surface area (Å²) >= 11 is 0. The average molecular weight is 362 g/mol. The Morgan fingerprint density at radius 1 is 0.926 bits per heavy atom. The number of rotatable bonds is 3. The maximum Gasteiger partial charge on any atom is 0.249 e. The van der Waals surface area contributed by atoms with Crippen molar-refractivity contribution in [3.05, 3.63) is 54.6 Å². The fourth-order valence-corrected chi connectivity index (χ4v) is 4.39. The lowest BCUT2D eigenvalue weighted by atomic mass is 10.0. The van der Waals surface area contributed by atoms with E-state index in [1.54, 1.807) is 4.90 Å². The molecule has 1 heterocycles. The Bertz CT molecular complexity index is 827. The summed E-state index contributed by atoms with van der Waals surface area (Å²) in [5.41, 5.74) is 3.07. The van der Waals surface area contributed by atoms with Crippen molar-refractivity contribution in [1.82, 2.24) is 4.90 Å². The minimum absolute atomic E-state index is 0.0102. The lowest BCUT2D eigenvalue weighted by Gasteiger charge is -2.40. The number of piperazine rings is 1. The van der Waals surface area contributed by atoms with E-state index in [1.165, 1.54) is 0 Å². The molecule has 0 spiro atoms. The molecule has 2 fully saturated rings. The number of benzene rings is 2. The van der Waals surface area contributed by atoms with Crippen LogP contribution in [-0.2, 0) is 9.59 Å². The average Bonchev–Trinajstić information content (AvgIpc) is 3.25. The van der Waals surface area contributed by atoms with Crippen LogP contribution >= 0.6 is 0 Å². The fourth-order valence-electron chi connectivity index (χ4n) is 4.39. The van der Waals surface area contributed by atoms with Gasteiger partial charge in [-0.15, -0.1) is 0 Å². The first-order valence-corrected chi connectivity index (χ1v) is 9.93. The molecule has 1 saturated carbocycles. The second kappa shape index (κ2) is 7.55. The zero-order valence-electron chi connectivity index (χ0n) is 15.8. The van der Waals surface area contributed by atoms with Crippen molar-refractivity contribution < 1.29 is 9.59 Å². The van der Waals surface area contributed by atoms with Gasteiger partial charge in [0, 0.05) is 24.6 Å². The van der Waals surface area contributed by atoms with Crippen LogP contribution in [0.2, 0.25) is 0 Å². The molecule has 2 amide bonds. The number of carbonyl (C=O) groups is 2. The molecule has 0 radical (unpaired) electrons. The van der Waals surface area contributed by atoms with Crippen molar-refractivity contribution in [2.75, 3.05) is 18.0 Å². The van der Waals surface area contributed by atoms with Crippen LogP contribution in [0.4, 0.5) is 5.69 Å². The van der Waals surface area contributed by atoms with Crippen molar-refractivity contribution in [2.45, 2.75) is 38.6 Å². The third-order valence-electron chi connectivity index (χ3n) is 5.92. The van der Waals surface area contributed by atoms with Crippen LogP contribution in [0.3, 0.4) is 0 Å². The molecule has 2 aromatic rings. The summed E-state index contributed by atoms with van der Waals surface area (Å²) < 4.78 is 0. The quantitative estimate of drug-likeness (QED) is 0.824. The van der Waals surface area contributed by atoms with Gasteiger partial charge >= 0.3 is 0 Å². The summed E-state index contributed by atoms with van der Waals surface area (Å²) in [5, 5.41) is 0. The van der Waals surface area contributed by atoms with Gasteiger partial charge in [0.1, 0.15) is 6.04 Å². The Hall–Kier alpha value is -2.62. The molecule has 1 aliphatic carbocycles. The molecule has 27 heavy (non-hydrogen) atoms. The molecule has 1 atom stereocenters. The highest BCUT2D eigenvalue weighted by molar-refractivity contribution is 6.03. The summed E-state index contributed by atoms with van der Waals surface area (Å²) in [6.45, 7) is 3.02. The first-order valence-electron chi connectivity index (χ1n) is 9.93. The summed E-state index contributed by atoms with van der Waals surface area (Å²) in [6.07, 6.45) is 4.19. The van der Waals surface area contributed by atoms with Gasteiger partial charge in [-0.3, -0.25) is 9.59 Å². The number of amides is 2. The van der Waals surface area contributed by atoms with Crippen molar-refractivity contribution in [3.63, 3.8) is 0 Å². The van der Waals surface area contributed by atoms with Gasteiger partial charge in [-0.1, -0.05) is 61.4 Å². The van der Waals surface area contributed by atoms with E-state index in [1.807, 2.05) is 48.2 Å². The second-order valence-electron chi connectivity index (χ2n) is 7.56. The second-order valence-corrected chi connectivity index (χ2v) is 7.56. The SMILES string of the molecule is CC1C(=O)N(c2ccccc2-c2ccccc2)CCN1C(=O)C1CCCC1. The van der Waals surface area contributed by atoms with E-state index < -0.39 is 6.04 Å². The predicted molar refractivity (Wildman–Crippen MR) is 107 cm³/mol. The van der Waals surface area contributed by atoms with E-state index in [0.29, 0.717) is 13.1 Å². The molecule has 0 aromatic heterocycles. The number of carbonyl (C=O) groups excluding carboxylic acids is 2. The molecular weight excluding hydrogens is 336 g/mol. The summed E-state index contributed by atoms with van der Waals surface area (Å²) in [7, 11) is 0. The fraction of sp³-hybridized carbons (Fsp3) is 0.391. The topological polar surface area (TPSA) is 40.6 Å². The minimum Gasteiger partial charge on any atom is -0.329 e. The molecule has 1 aliphatic heterocycles. The molecule has 2 aromatic carbocycles. The number of hydrogen-bond donors (Lipinski definition) is 0. The van der Waals surface area contributed by atoms with Gasteiger partial charge in [0.25, 0.3) is 0 Å². The van der Waals surface area contributed by atoms with E-state index >= 15 is 0 Å². The standard InChI is InChI=1S/C23H26N2O2/c1-17-22(26)25(16-15-24(17)23(27)19-11-5-6-12-19)21-14-8-7-13-20(21)18-9-3-2-4-10-18/h2-4,7-10,13-14,17,19H,5-6,11-12,15-16H2,1H3. The maximum absolute atomic E-state index is 13.2. The predicted octanol–water partition coefficient (Wildman–Crippen LogP) is 4.11. The van der Waals surface area contributed by atoms with Crippen LogP contribution in [0.5, 0.6) is 0 Å². The van der Waals surface area contributed by atoms with Crippen molar-refractivity contribution in [3.8, 4) is 11.1 Å². The zero-order valence-corrected chi connectivity index (χ0v) is 15.8. The normalized spacial score (nSPS) is 20.9. The van der Waals surface area contributed by atoms with Gasteiger partial charge < -0.3 is 9.80 Å². The van der Waals surface area contributed by atoms with Crippen molar-refractivity contribution in [2.24, 2.45) is 5.92 Å². The Labute approximate surface area is 160 Å². The van der Waals surface area contributed by atoms with Crippen molar-refractivity contribution >= 4 is 17.5 Å². The molecule has 2 aliphatic rings. The molecular formula is C23H26N2O2. The van der Waals surface area contributed by atoms with Gasteiger partial charge in [0.15, 0.2) is 0 Å². The number of hydrogen-bond acceptors (Lipinski definition) is 2. The van der Waals surface area contributed by atoms with Crippen LogP contribution in [-0.4, -0.2) is 35.8 Å². The third kappa shape index (κ3) is 3.36.